The highest BCUT2D eigenvalue weighted by molar-refractivity contribution is 8.00. The van der Waals surface area contributed by atoms with Gasteiger partial charge in [-0.05, 0) is 24.3 Å². The lowest BCUT2D eigenvalue weighted by atomic mass is 10.2. The van der Waals surface area contributed by atoms with Gasteiger partial charge in [0.2, 0.25) is 0 Å². The number of rotatable bonds is 3. The van der Waals surface area contributed by atoms with Gasteiger partial charge in [-0.2, -0.15) is 13.2 Å². The Kier molecular flexibility index (Phi) is 4.04. The Bertz CT molecular complexity index is 307. The molecule has 0 aliphatic heterocycles. The predicted octanol–water partition coefficient (Wildman–Crippen LogP) is 3.18. The smallest absolute Gasteiger partial charge is 0.395 e. The van der Waals surface area contributed by atoms with Crippen LogP contribution < -0.4 is 0 Å². The van der Waals surface area contributed by atoms with Crippen molar-refractivity contribution < 1.29 is 18.3 Å². The summed E-state index contributed by atoms with van der Waals surface area (Å²) in [6.45, 7) is 1.81. The van der Waals surface area contributed by atoms with E-state index in [9.17, 15) is 13.2 Å². The standard InChI is InChI=1S/C10H11F3OS/c1-7(6-14)15-9-4-2-8(3-5-9)10(11,12)13/h2-5,7,14H,6H2,1H3. The highest BCUT2D eigenvalue weighted by Crippen LogP contribution is 2.31. The molecule has 0 aliphatic carbocycles. The number of benzene rings is 1. The molecule has 0 aliphatic rings. The van der Waals surface area contributed by atoms with Crippen molar-refractivity contribution in [2.75, 3.05) is 6.61 Å². The number of thioether (sulfide) groups is 1. The number of alkyl halides is 3. The fourth-order valence-electron chi connectivity index (χ4n) is 0.992. The van der Waals surface area contributed by atoms with Crippen molar-refractivity contribution in [1.29, 1.82) is 0 Å². The summed E-state index contributed by atoms with van der Waals surface area (Å²) in [6.07, 6.45) is -4.29. The number of hydrogen-bond donors (Lipinski definition) is 1. The number of hydrogen-bond acceptors (Lipinski definition) is 2. The largest absolute Gasteiger partial charge is 0.416 e. The van der Waals surface area contributed by atoms with Gasteiger partial charge in [0.15, 0.2) is 0 Å². The van der Waals surface area contributed by atoms with E-state index in [-0.39, 0.29) is 11.9 Å². The summed E-state index contributed by atoms with van der Waals surface area (Å²) < 4.78 is 36.6. The second kappa shape index (κ2) is 4.90. The van der Waals surface area contributed by atoms with E-state index in [1.807, 2.05) is 6.92 Å². The SMILES string of the molecule is CC(CO)Sc1ccc(C(F)(F)F)cc1. The molecule has 15 heavy (non-hydrogen) atoms. The summed E-state index contributed by atoms with van der Waals surface area (Å²) in [5.74, 6) is 0. The molecule has 0 bridgehead atoms. The van der Waals surface area contributed by atoms with E-state index in [2.05, 4.69) is 0 Å². The van der Waals surface area contributed by atoms with Gasteiger partial charge >= 0.3 is 6.18 Å². The lowest BCUT2D eigenvalue weighted by Gasteiger charge is -2.09. The Morgan fingerprint density at radius 3 is 2.20 bits per heavy atom. The van der Waals surface area contributed by atoms with E-state index in [0.29, 0.717) is 0 Å². The summed E-state index contributed by atoms with van der Waals surface area (Å²) >= 11 is 1.35. The van der Waals surface area contributed by atoms with Crippen LogP contribution in [0.25, 0.3) is 0 Å². The van der Waals surface area contributed by atoms with Crippen LogP contribution in [0.1, 0.15) is 12.5 Å². The van der Waals surface area contributed by atoms with Crippen LogP contribution in [0.15, 0.2) is 29.2 Å². The lowest BCUT2D eigenvalue weighted by molar-refractivity contribution is -0.137. The number of halogens is 3. The van der Waals surface area contributed by atoms with Crippen LogP contribution in [0, 0.1) is 0 Å². The number of aliphatic hydroxyl groups is 1. The molecule has 1 unspecified atom stereocenters. The molecule has 0 spiro atoms. The van der Waals surface area contributed by atoms with Gasteiger partial charge in [-0.3, -0.25) is 0 Å². The Balaban J connectivity index is 2.73. The molecule has 1 nitrogen and oxygen atoms in total. The van der Waals surface area contributed by atoms with Crippen LogP contribution in [-0.4, -0.2) is 17.0 Å². The van der Waals surface area contributed by atoms with Crippen molar-refractivity contribution in [3.8, 4) is 0 Å². The molecule has 0 amide bonds. The second-order valence-electron chi connectivity index (χ2n) is 3.13. The van der Waals surface area contributed by atoms with Gasteiger partial charge in [0, 0.05) is 10.1 Å². The first-order chi connectivity index (χ1) is 6.93. The first-order valence-electron chi connectivity index (χ1n) is 4.38. The first kappa shape index (κ1) is 12.4. The second-order valence-corrected chi connectivity index (χ2v) is 4.65. The monoisotopic (exact) mass is 236 g/mol. The van der Waals surface area contributed by atoms with Gasteiger partial charge in [0.05, 0.1) is 12.2 Å². The molecule has 1 aromatic rings. The zero-order valence-electron chi connectivity index (χ0n) is 8.08. The van der Waals surface area contributed by atoms with E-state index < -0.39 is 11.7 Å². The summed E-state index contributed by atoms with van der Waals surface area (Å²) in [5, 5.41) is 8.77. The minimum Gasteiger partial charge on any atom is -0.395 e. The molecule has 0 fully saturated rings. The maximum atomic E-state index is 12.2. The summed E-state index contributed by atoms with van der Waals surface area (Å²) in [6, 6.07) is 4.93. The van der Waals surface area contributed by atoms with E-state index in [0.717, 1.165) is 17.0 Å². The summed E-state index contributed by atoms with van der Waals surface area (Å²) in [5.41, 5.74) is -0.650. The minimum atomic E-state index is -4.29. The van der Waals surface area contributed by atoms with E-state index >= 15 is 0 Å². The zero-order valence-corrected chi connectivity index (χ0v) is 8.90. The molecule has 0 saturated heterocycles. The van der Waals surface area contributed by atoms with Crippen LogP contribution in [0.5, 0.6) is 0 Å². The zero-order chi connectivity index (χ0) is 11.5. The van der Waals surface area contributed by atoms with Crippen molar-refractivity contribution in [2.45, 2.75) is 23.2 Å². The fraction of sp³-hybridized carbons (Fsp3) is 0.400. The Morgan fingerprint density at radius 2 is 1.80 bits per heavy atom. The Labute approximate surface area is 90.3 Å². The van der Waals surface area contributed by atoms with Crippen molar-refractivity contribution in [2.24, 2.45) is 0 Å². The highest BCUT2D eigenvalue weighted by Gasteiger charge is 2.29. The van der Waals surface area contributed by atoms with Gasteiger partial charge in [-0.15, -0.1) is 11.8 Å². The topological polar surface area (TPSA) is 20.2 Å². The van der Waals surface area contributed by atoms with Crippen LogP contribution >= 0.6 is 11.8 Å². The van der Waals surface area contributed by atoms with Gasteiger partial charge in [0.1, 0.15) is 0 Å². The lowest BCUT2D eigenvalue weighted by Crippen LogP contribution is -2.05. The predicted molar refractivity (Wildman–Crippen MR) is 53.8 cm³/mol. The molecule has 0 saturated carbocycles. The fourth-order valence-corrected chi connectivity index (χ4v) is 1.82. The molecule has 1 atom stereocenters. The summed E-state index contributed by atoms with van der Waals surface area (Å²) in [7, 11) is 0. The first-order valence-corrected chi connectivity index (χ1v) is 5.26. The van der Waals surface area contributed by atoms with Crippen molar-refractivity contribution >= 4 is 11.8 Å². The molecule has 1 aromatic carbocycles. The van der Waals surface area contributed by atoms with Gasteiger partial charge in [-0.1, -0.05) is 6.92 Å². The molecule has 1 rings (SSSR count). The quantitative estimate of drug-likeness (QED) is 0.813. The molecule has 0 radical (unpaired) electrons. The average Bonchev–Trinajstić information content (AvgIpc) is 2.17. The van der Waals surface area contributed by atoms with Crippen LogP contribution in [0.2, 0.25) is 0 Å². The van der Waals surface area contributed by atoms with E-state index in [4.69, 9.17) is 5.11 Å². The molecule has 0 heterocycles. The molecular weight excluding hydrogens is 225 g/mol. The van der Waals surface area contributed by atoms with Crippen LogP contribution in [0.3, 0.4) is 0 Å². The Hall–Kier alpha value is -0.680. The Morgan fingerprint density at radius 1 is 1.27 bits per heavy atom. The average molecular weight is 236 g/mol. The van der Waals surface area contributed by atoms with E-state index in [1.54, 1.807) is 0 Å². The van der Waals surface area contributed by atoms with Gasteiger partial charge in [0.25, 0.3) is 0 Å². The van der Waals surface area contributed by atoms with Crippen molar-refractivity contribution in [3.63, 3.8) is 0 Å². The molecule has 5 heteroatoms. The highest BCUT2D eigenvalue weighted by atomic mass is 32.2. The normalized spacial score (nSPS) is 13.9. The number of aliphatic hydroxyl groups excluding tert-OH is 1. The summed E-state index contributed by atoms with van der Waals surface area (Å²) in [4.78, 5) is 0.726. The minimum absolute atomic E-state index is 0.00564. The molecular formula is C10H11F3OS. The third-order valence-electron chi connectivity index (χ3n) is 1.78. The maximum Gasteiger partial charge on any atom is 0.416 e. The van der Waals surface area contributed by atoms with Crippen molar-refractivity contribution in [3.05, 3.63) is 29.8 Å². The van der Waals surface area contributed by atoms with Crippen LogP contribution in [-0.2, 0) is 6.18 Å². The molecule has 84 valence electrons. The van der Waals surface area contributed by atoms with Gasteiger partial charge in [-0.25, -0.2) is 0 Å². The third kappa shape index (κ3) is 3.76. The molecule has 0 aromatic heterocycles. The van der Waals surface area contributed by atoms with E-state index in [1.165, 1.54) is 23.9 Å². The van der Waals surface area contributed by atoms with Crippen LogP contribution in [0.4, 0.5) is 13.2 Å². The van der Waals surface area contributed by atoms with Gasteiger partial charge < -0.3 is 5.11 Å². The third-order valence-corrected chi connectivity index (χ3v) is 2.87. The maximum absolute atomic E-state index is 12.2. The van der Waals surface area contributed by atoms with Crippen molar-refractivity contribution in [1.82, 2.24) is 0 Å². The molecule has 1 N–H and O–H groups in total.